The molecule has 2 aromatic carbocycles. The topological polar surface area (TPSA) is 55.8 Å². The monoisotopic (exact) mass is 404 g/mol. The Labute approximate surface area is 155 Å². The third-order valence-corrected chi connectivity index (χ3v) is 4.00. The average molecular weight is 405 g/mol. The third-order valence-electron chi connectivity index (χ3n) is 3.47. The van der Waals surface area contributed by atoms with Gasteiger partial charge in [-0.2, -0.15) is 13.2 Å². The Morgan fingerprint density at radius 1 is 1.12 bits per heavy atom. The molecule has 3 rings (SSSR count). The van der Waals surface area contributed by atoms with Crippen molar-refractivity contribution in [3.8, 4) is 17.2 Å². The first-order valence-electron chi connectivity index (χ1n) is 7.10. The minimum Gasteiger partial charge on any atom is -0.478 e. The van der Waals surface area contributed by atoms with Gasteiger partial charge >= 0.3 is 12.1 Å². The molecule has 0 radical (unpaired) electrons. The minimum atomic E-state index is -4.90. The lowest BCUT2D eigenvalue weighted by Gasteiger charge is -2.27. The number of carboxylic acid groups (broad SMARTS) is 1. The molecule has 1 aliphatic rings. The molecule has 9 heteroatoms. The summed E-state index contributed by atoms with van der Waals surface area (Å²) in [5.74, 6) is -1.38. The molecule has 26 heavy (non-hydrogen) atoms. The van der Waals surface area contributed by atoms with Crippen LogP contribution in [0.15, 0.2) is 42.0 Å². The summed E-state index contributed by atoms with van der Waals surface area (Å²) < 4.78 is 49.6. The Kier molecular flexibility index (Phi) is 4.77. The van der Waals surface area contributed by atoms with Crippen LogP contribution in [-0.4, -0.2) is 23.4 Å². The van der Waals surface area contributed by atoms with Crippen LogP contribution < -0.4 is 9.47 Å². The highest BCUT2D eigenvalue weighted by Crippen LogP contribution is 2.43. The second-order valence-electron chi connectivity index (χ2n) is 5.32. The van der Waals surface area contributed by atoms with Gasteiger partial charge in [-0.15, -0.1) is 0 Å². The van der Waals surface area contributed by atoms with Gasteiger partial charge in [0.25, 0.3) is 0 Å². The molecule has 1 atom stereocenters. The van der Waals surface area contributed by atoms with Crippen LogP contribution in [0.4, 0.5) is 13.2 Å². The first kappa shape index (κ1) is 18.4. The van der Waals surface area contributed by atoms with Crippen LogP contribution in [0.5, 0.6) is 17.2 Å². The summed E-state index contributed by atoms with van der Waals surface area (Å²) in [6.45, 7) is 0. The predicted octanol–water partition coefficient (Wildman–Crippen LogP) is 5.58. The highest BCUT2D eigenvalue weighted by molar-refractivity contribution is 6.32. The molecule has 136 valence electrons. The van der Waals surface area contributed by atoms with E-state index in [2.05, 4.69) is 0 Å². The fourth-order valence-electron chi connectivity index (χ4n) is 2.36. The van der Waals surface area contributed by atoms with Crippen LogP contribution in [0.25, 0.3) is 6.08 Å². The maximum Gasteiger partial charge on any atom is 0.430 e. The Balaban J connectivity index is 2.00. The molecule has 1 aliphatic heterocycles. The van der Waals surface area contributed by atoms with Gasteiger partial charge in [0.2, 0.25) is 6.10 Å². The van der Waals surface area contributed by atoms with Gasteiger partial charge in [-0.3, -0.25) is 0 Å². The van der Waals surface area contributed by atoms with Gasteiger partial charge in [0.1, 0.15) is 17.2 Å². The van der Waals surface area contributed by atoms with Crippen molar-refractivity contribution in [2.45, 2.75) is 12.3 Å². The van der Waals surface area contributed by atoms with E-state index in [9.17, 15) is 18.0 Å². The lowest BCUT2D eigenvalue weighted by molar-refractivity contribution is -0.187. The Bertz CT molecular complexity index is 892. The summed E-state index contributed by atoms with van der Waals surface area (Å²) in [6.07, 6.45) is -6.63. The van der Waals surface area contributed by atoms with E-state index in [0.717, 1.165) is 6.08 Å². The van der Waals surface area contributed by atoms with Gasteiger partial charge in [-0.25, -0.2) is 4.79 Å². The number of fused-ring (bicyclic) bond motifs is 1. The van der Waals surface area contributed by atoms with Gasteiger partial charge in [0, 0.05) is 16.7 Å². The largest absolute Gasteiger partial charge is 0.478 e. The maximum atomic E-state index is 13.1. The molecule has 0 unspecified atom stereocenters. The van der Waals surface area contributed by atoms with E-state index in [4.69, 9.17) is 37.8 Å². The number of hydrogen-bond donors (Lipinski definition) is 1. The average Bonchev–Trinajstić information content (AvgIpc) is 2.55. The normalized spacial score (nSPS) is 16.3. The smallest absolute Gasteiger partial charge is 0.430 e. The second kappa shape index (κ2) is 6.74. The predicted molar refractivity (Wildman–Crippen MR) is 89.1 cm³/mol. The van der Waals surface area contributed by atoms with Crippen molar-refractivity contribution >= 4 is 35.2 Å². The number of aliphatic carboxylic acids is 1. The molecule has 0 bridgehead atoms. The Hall–Kier alpha value is -2.38. The van der Waals surface area contributed by atoms with Crippen LogP contribution in [0.2, 0.25) is 10.0 Å². The van der Waals surface area contributed by atoms with Gasteiger partial charge in [-0.1, -0.05) is 23.2 Å². The van der Waals surface area contributed by atoms with E-state index in [1.54, 1.807) is 24.3 Å². The summed E-state index contributed by atoms with van der Waals surface area (Å²) in [5, 5.41) is 9.44. The fourth-order valence-corrected chi connectivity index (χ4v) is 2.75. The van der Waals surface area contributed by atoms with Crippen LogP contribution in [0.3, 0.4) is 0 Å². The van der Waals surface area contributed by atoms with Gasteiger partial charge in [0.05, 0.1) is 10.6 Å². The van der Waals surface area contributed by atoms with Crippen molar-refractivity contribution in [2.24, 2.45) is 0 Å². The summed E-state index contributed by atoms with van der Waals surface area (Å²) in [6, 6.07) is 8.98. The molecule has 0 aliphatic carbocycles. The van der Waals surface area contributed by atoms with Crippen molar-refractivity contribution in [1.82, 2.24) is 0 Å². The minimum absolute atomic E-state index is 0.0689. The van der Waals surface area contributed by atoms with E-state index in [1.165, 1.54) is 12.1 Å². The number of carbonyl (C=O) groups is 1. The fraction of sp³-hybridized carbons (Fsp3) is 0.118. The van der Waals surface area contributed by atoms with Crippen molar-refractivity contribution in [1.29, 1.82) is 0 Å². The molecule has 4 nitrogen and oxygen atoms in total. The molecule has 2 aromatic rings. The molecule has 0 spiro atoms. The van der Waals surface area contributed by atoms with Gasteiger partial charge < -0.3 is 14.6 Å². The Morgan fingerprint density at radius 2 is 1.77 bits per heavy atom. The highest BCUT2D eigenvalue weighted by atomic mass is 35.5. The van der Waals surface area contributed by atoms with Crippen molar-refractivity contribution in [3.63, 3.8) is 0 Å². The zero-order valence-corrected chi connectivity index (χ0v) is 14.2. The van der Waals surface area contributed by atoms with Crippen LogP contribution in [0, 0.1) is 0 Å². The number of alkyl halides is 3. The molecule has 1 N–H and O–H groups in total. The molecule has 0 aromatic heterocycles. The van der Waals surface area contributed by atoms with E-state index in [1.807, 2.05) is 0 Å². The van der Waals surface area contributed by atoms with Crippen molar-refractivity contribution in [3.05, 3.63) is 57.6 Å². The maximum absolute atomic E-state index is 13.1. The number of rotatable bonds is 3. The van der Waals surface area contributed by atoms with Crippen molar-refractivity contribution in [2.75, 3.05) is 0 Å². The third kappa shape index (κ3) is 3.73. The number of carboxylic acids is 1. The lowest BCUT2D eigenvalue weighted by atomic mass is 10.0. The quantitative estimate of drug-likeness (QED) is 0.725. The zero-order chi connectivity index (χ0) is 19.1. The first-order chi connectivity index (χ1) is 12.1. The number of benzene rings is 2. The summed E-state index contributed by atoms with van der Waals surface area (Å²) in [4.78, 5) is 11.2. The molecule has 0 saturated heterocycles. The summed E-state index contributed by atoms with van der Waals surface area (Å²) in [7, 11) is 0. The van der Waals surface area contributed by atoms with Gasteiger partial charge in [-0.05, 0) is 36.4 Å². The lowest BCUT2D eigenvalue weighted by Crippen LogP contribution is -2.40. The number of halogens is 5. The SMILES string of the molecule is O=C(O)C1=Cc2cc(Oc3ccc(Cl)cc3)cc(Cl)c2O[C@@H]1C(F)(F)F. The first-order valence-corrected chi connectivity index (χ1v) is 7.86. The van der Waals surface area contributed by atoms with Crippen LogP contribution in [-0.2, 0) is 4.79 Å². The van der Waals surface area contributed by atoms with Crippen molar-refractivity contribution < 1.29 is 32.5 Å². The van der Waals surface area contributed by atoms with E-state index >= 15 is 0 Å². The highest BCUT2D eigenvalue weighted by Gasteiger charge is 2.48. The van der Waals surface area contributed by atoms with Gasteiger partial charge in [0.15, 0.2) is 0 Å². The van der Waals surface area contributed by atoms with E-state index < -0.39 is 23.8 Å². The zero-order valence-electron chi connectivity index (χ0n) is 12.7. The number of hydrogen-bond acceptors (Lipinski definition) is 3. The molecule has 0 fully saturated rings. The molecule has 1 heterocycles. The standard InChI is InChI=1S/C17H9Cl2F3O4/c18-9-1-3-10(4-2-9)25-11-5-8-6-12(16(23)24)15(17(20,21)22)26-14(8)13(19)7-11/h1-7,15H,(H,23,24)/t15-/m0/s1. The summed E-state index contributed by atoms with van der Waals surface area (Å²) >= 11 is 11.8. The molecular formula is C17H9Cl2F3O4. The van der Waals surface area contributed by atoms with E-state index in [0.29, 0.717) is 10.8 Å². The van der Waals surface area contributed by atoms with Crippen LogP contribution in [0.1, 0.15) is 5.56 Å². The second-order valence-corrected chi connectivity index (χ2v) is 6.17. The molecular weight excluding hydrogens is 396 g/mol. The van der Waals surface area contributed by atoms with Crippen LogP contribution >= 0.6 is 23.2 Å². The molecule has 0 amide bonds. The summed E-state index contributed by atoms with van der Waals surface area (Å²) in [5.41, 5.74) is -0.871. The Morgan fingerprint density at radius 3 is 2.35 bits per heavy atom. The number of ether oxygens (including phenoxy) is 2. The molecule has 0 saturated carbocycles. The van der Waals surface area contributed by atoms with E-state index in [-0.39, 0.29) is 22.1 Å².